The van der Waals surface area contributed by atoms with Crippen molar-refractivity contribution in [2.24, 2.45) is 10.9 Å². The van der Waals surface area contributed by atoms with E-state index in [9.17, 15) is 4.79 Å². The molecule has 2 atom stereocenters. The van der Waals surface area contributed by atoms with Gasteiger partial charge in [-0.3, -0.25) is 4.99 Å². The molecule has 0 aliphatic carbocycles. The van der Waals surface area contributed by atoms with Crippen LogP contribution in [0, 0.1) is 5.92 Å². The first-order valence-electron chi connectivity index (χ1n) is 4.28. The highest BCUT2D eigenvalue weighted by Crippen LogP contribution is 2.28. The van der Waals surface area contributed by atoms with E-state index in [4.69, 9.17) is 9.84 Å². The van der Waals surface area contributed by atoms with Crippen LogP contribution in [-0.4, -0.2) is 41.1 Å². The molecule has 0 spiro atoms. The van der Waals surface area contributed by atoms with Crippen molar-refractivity contribution in [1.82, 2.24) is 0 Å². The predicted molar refractivity (Wildman–Crippen MR) is 50.2 cm³/mol. The molecular weight excluding hydrogens is 190 g/mol. The second kappa shape index (κ2) is 3.67. The normalized spacial score (nSPS) is 33.4. The lowest BCUT2D eigenvalue weighted by Crippen LogP contribution is -2.17. The van der Waals surface area contributed by atoms with E-state index >= 15 is 0 Å². The van der Waals surface area contributed by atoms with Gasteiger partial charge in [0, 0.05) is 18.3 Å². The van der Waals surface area contributed by atoms with Gasteiger partial charge >= 0.3 is 5.97 Å². The Bertz CT molecular complexity index is 248. The molecule has 72 valence electrons. The summed E-state index contributed by atoms with van der Waals surface area (Å²) in [5.74, 6) is 0.122. The molecular formula is C8H11NO3S. The van der Waals surface area contributed by atoms with Gasteiger partial charge in [0.1, 0.15) is 0 Å². The van der Waals surface area contributed by atoms with Gasteiger partial charge in [0.15, 0.2) is 6.04 Å². The van der Waals surface area contributed by atoms with Crippen molar-refractivity contribution >= 4 is 22.8 Å². The summed E-state index contributed by atoms with van der Waals surface area (Å²) >= 11 is 1.57. The van der Waals surface area contributed by atoms with Crippen molar-refractivity contribution in [3.8, 4) is 0 Å². The summed E-state index contributed by atoms with van der Waals surface area (Å²) in [6, 6.07) is -0.527. The first-order valence-corrected chi connectivity index (χ1v) is 5.27. The molecule has 4 nitrogen and oxygen atoms in total. The zero-order valence-electron chi connectivity index (χ0n) is 7.10. The molecule has 0 amide bonds. The van der Waals surface area contributed by atoms with Crippen molar-refractivity contribution in [2.45, 2.75) is 12.5 Å². The van der Waals surface area contributed by atoms with E-state index in [1.807, 2.05) is 0 Å². The molecule has 0 saturated carbocycles. The summed E-state index contributed by atoms with van der Waals surface area (Å²) in [5, 5.41) is 9.70. The fourth-order valence-corrected chi connectivity index (χ4v) is 2.64. The van der Waals surface area contributed by atoms with Gasteiger partial charge < -0.3 is 9.84 Å². The average Bonchev–Trinajstić information content (AvgIpc) is 2.75. The number of thioether (sulfide) groups is 1. The molecule has 13 heavy (non-hydrogen) atoms. The number of ether oxygens (including phenoxy) is 1. The molecule has 0 aromatic heterocycles. The van der Waals surface area contributed by atoms with Crippen LogP contribution in [0.25, 0.3) is 0 Å². The Morgan fingerprint density at radius 3 is 3.08 bits per heavy atom. The minimum atomic E-state index is -0.818. The summed E-state index contributed by atoms with van der Waals surface area (Å²) in [4.78, 5) is 14.8. The van der Waals surface area contributed by atoms with Crippen molar-refractivity contribution in [1.29, 1.82) is 0 Å². The zero-order chi connectivity index (χ0) is 9.26. The lowest BCUT2D eigenvalue weighted by molar-refractivity contribution is -0.137. The Labute approximate surface area is 80.4 Å². The van der Waals surface area contributed by atoms with Gasteiger partial charge in [0.25, 0.3) is 0 Å². The van der Waals surface area contributed by atoms with Crippen LogP contribution >= 0.6 is 11.8 Å². The molecule has 2 heterocycles. The third-order valence-electron chi connectivity index (χ3n) is 2.24. The molecule has 0 bridgehead atoms. The fraction of sp³-hybridized carbons (Fsp3) is 0.750. The highest BCUT2D eigenvalue weighted by Gasteiger charge is 2.30. The number of hydrogen-bond donors (Lipinski definition) is 1. The molecule has 1 N–H and O–H groups in total. The Morgan fingerprint density at radius 1 is 1.69 bits per heavy atom. The molecule has 2 aliphatic heterocycles. The second-order valence-corrected chi connectivity index (χ2v) is 4.23. The first kappa shape index (κ1) is 9.02. The van der Waals surface area contributed by atoms with Crippen molar-refractivity contribution in [3.63, 3.8) is 0 Å². The van der Waals surface area contributed by atoms with Gasteiger partial charge in [-0.05, 0) is 6.42 Å². The third-order valence-corrected chi connectivity index (χ3v) is 3.45. The topological polar surface area (TPSA) is 58.9 Å². The van der Waals surface area contributed by atoms with Crippen LogP contribution < -0.4 is 0 Å². The summed E-state index contributed by atoms with van der Waals surface area (Å²) in [6.45, 7) is 1.49. The fourth-order valence-electron chi connectivity index (χ4n) is 1.47. The van der Waals surface area contributed by atoms with Crippen LogP contribution in [-0.2, 0) is 9.53 Å². The van der Waals surface area contributed by atoms with Crippen LogP contribution in [0.3, 0.4) is 0 Å². The predicted octanol–water partition coefficient (Wildman–Crippen LogP) is 0.621. The number of carboxylic acids is 1. The van der Waals surface area contributed by atoms with Crippen molar-refractivity contribution < 1.29 is 14.6 Å². The Morgan fingerprint density at radius 2 is 2.54 bits per heavy atom. The van der Waals surface area contributed by atoms with E-state index < -0.39 is 12.0 Å². The van der Waals surface area contributed by atoms with Crippen molar-refractivity contribution in [2.75, 3.05) is 19.0 Å². The average molecular weight is 201 g/mol. The Balaban J connectivity index is 2.00. The van der Waals surface area contributed by atoms with Crippen molar-refractivity contribution in [3.05, 3.63) is 0 Å². The van der Waals surface area contributed by atoms with Gasteiger partial charge in [0.2, 0.25) is 0 Å². The SMILES string of the molecule is O=C(O)C1CSC(C2CCOC2)=N1. The van der Waals surface area contributed by atoms with E-state index in [1.165, 1.54) is 0 Å². The van der Waals surface area contributed by atoms with E-state index in [1.54, 1.807) is 11.8 Å². The second-order valence-electron chi connectivity index (χ2n) is 3.19. The number of carboxylic acid groups (broad SMARTS) is 1. The number of hydrogen-bond acceptors (Lipinski definition) is 4. The molecule has 1 fully saturated rings. The minimum Gasteiger partial charge on any atom is -0.480 e. The molecule has 2 rings (SSSR count). The molecule has 0 aromatic carbocycles. The molecule has 0 aromatic rings. The number of aliphatic carboxylic acids is 1. The number of nitrogens with zero attached hydrogens (tertiary/aromatic N) is 1. The maximum absolute atomic E-state index is 10.6. The van der Waals surface area contributed by atoms with Crippen LogP contribution in [0.15, 0.2) is 4.99 Å². The quantitative estimate of drug-likeness (QED) is 0.711. The summed E-state index contributed by atoms with van der Waals surface area (Å²) in [6.07, 6.45) is 0.984. The van der Waals surface area contributed by atoms with E-state index in [0.29, 0.717) is 18.3 Å². The van der Waals surface area contributed by atoms with E-state index in [2.05, 4.69) is 4.99 Å². The van der Waals surface area contributed by atoms with Gasteiger partial charge in [-0.25, -0.2) is 4.79 Å². The molecule has 5 heteroatoms. The third kappa shape index (κ3) is 1.86. The Kier molecular flexibility index (Phi) is 2.55. The highest BCUT2D eigenvalue weighted by atomic mass is 32.2. The maximum Gasteiger partial charge on any atom is 0.329 e. The standard InChI is InChI=1S/C8H11NO3S/c10-8(11)6-4-13-7(9-6)5-1-2-12-3-5/h5-6H,1-4H2,(H,10,11). The monoisotopic (exact) mass is 201 g/mol. The summed E-state index contributed by atoms with van der Waals surface area (Å²) in [7, 11) is 0. The largest absolute Gasteiger partial charge is 0.480 e. The maximum atomic E-state index is 10.6. The van der Waals surface area contributed by atoms with E-state index in [-0.39, 0.29) is 0 Å². The smallest absolute Gasteiger partial charge is 0.329 e. The summed E-state index contributed by atoms with van der Waals surface area (Å²) in [5.41, 5.74) is 0. The first-order chi connectivity index (χ1) is 6.27. The van der Waals surface area contributed by atoms with Gasteiger partial charge in [-0.1, -0.05) is 0 Å². The number of aliphatic imine (C=N–C) groups is 1. The lowest BCUT2D eigenvalue weighted by Gasteiger charge is -2.04. The Hall–Kier alpha value is -0.550. The summed E-state index contributed by atoms with van der Waals surface area (Å²) < 4.78 is 5.22. The number of carbonyl (C=O) groups is 1. The zero-order valence-corrected chi connectivity index (χ0v) is 7.92. The van der Waals surface area contributed by atoms with Gasteiger partial charge in [-0.2, -0.15) is 0 Å². The van der Waals surface area contributed by atoms with Gasteiger partial charge in [-0.15, -0.1) is 11.8 Å². The number of rotatable bonds is 2. The molecule has 2 unspecified atom stereocenters. The van der Waals surface area contributed by atoms with Crippen LogP contribution in [0.1, 0.15) is 6.42 Å². The molecule has 0 radical (unpaired) electrons. The van der Waals surface area contributed by atoms with Crippen LogP contribution in [0.5, 0.6) is 0 Å². The highest BCUT2D eigenvalue weighted by molar-refractivity contribution is 8.14. The van der Waals surface area contributed by atoms with Crippen LogP contribution in [0.2, 0.25) is 0 Å². The van der Waals surface area contributed by atoms with E-state index in [0.717, 1.165) is 18.1 Å². The minimum absolute atomic E-state index is 0.356. The molecule has 1 saturated heterocycles. The van der Waals surface area contributed by atoms with Crippen LogP contribution in [0.4, 0.5) is 0 Å². The van der Waals surface area contributed by atoms with Gasteiger partial charge in [0.05, 0.1) is 11.7 Å². The molecule has 2 aliphatic rings. The lowest BCUT2D eigenvalue weighted by atomic mass is 10.1.